The lowest BCUT2D eigenvalue weighted by Gasteiger charge is -2.22. The molecule has 1 aromatic carbocycles. The number of ether oxygens (including phenoxy) is 1. The molecule has 0 bridgehead atoms. The first kappa shape index (κ1) is 13.6. The maximum Gasteiger partial charge on any atom is 0.0553 e. The molecule has 2 unspecified atom stereocenters. The molecule has 0 spiro atoms. The zero-order valence-corrected chi connectivity index (χ0v) is 10.9. The van der Waals surface area contributed by atoms with Crippen molar-refractivity contribution in [3.05, 3.63) is 35.9 Å². The third-order valence-corrected chi connectivity index (χ3v) is 4.06. The van der Waals surface area contributed by atoms with Crippen LogP contribution in [0.3, 0.4) is 0 Å². The van der Waals surface area contributed by atoms with Crippen molar-refractivity contribution in [3.63, 3.8) is 0 Å². The third kappa shape index (κ3) is 4.16. The van der Waals surface area contributed by atoms with Gasteiger partial charge in [0.25, 0.3) is 0 Å². The molecule has 0 aliphatic carbocycles. The molecule has 2 nitrogen and oxygen atoms in total. The van der Waals surface area contributed by atoms with Crippen LogP contribution in [-0.2, 0) is 4.74 Å². The summed E-state index contributed by atoms with van der Waals surface area (Å²) in [5.74, 6) is 1.01. The van der Waals surface area contributed by atoms with Crippen LogP contribution in [0.2, 0.25) is 0 Å². The van der Waals surface area contributed by atoms with Crippen molar-refractivity contribution < 1.29 is 4.74 Å². The molecule has 16 heavy (non-hydrogen) atoms. The number of nitrogens with two attached hydrogens (primary N) is 1. The van der Waals surface area contributed by atoms with Gasteiger partial charge in [-0.1, -0.05) is 37.3 Å². The van der Waals surface area contributed by atoms with Gasteiger partial charge in [-0.2, -0.15) is 11.8 Å². The highest BCUT2D eigenvalue weighted by atomic mass is 32.2. The number of benzene rings is 1. The Kier molecular flexibility index (Phi) is 6.53. The van der Waals surface area contributed by atoms with Crippen molar-refractivity contribution in [1.82, 2.24) is 0 Å². The molecule has 2 atom stereocenters. The smallest absolute Gasteiger partial charge is 0.0553 e. The van der Waals surface area contributed by atoms with Crippen LogP contribution in [0, 0.1) is 0 Å². The van der Waals surface area contributed by atoms with E-state index in [4.69, 9.17) is 10.5 Å². The Morgan fingerprint density at radius 2 is 2.00 bits per heavy atom. The molecule has 0 saturated heterocycles. The predicted molar refractivity (Wildman–Crippen MR) is 71.8 cm³/mol. The van der Waals surface area contributed by atoms with Crippen LogP contribution in [-0.4, -0.2) is 24.7 Å². The maximum atomic E-state index is 6.27. The molecule has 90 valence electrons. The first-order chi connectivity index (χ1) is 7.79. The Hall–Kier alpha value is -0.510. The van der Waals surface area contributed by atoms with E-state index in [1.807, 2.05) is 30.0 Å². The van der Waals surface area contributed by atoms with Gasteiger partial charge < -0.3 is 10.5 Å². The summed E-state index contributed by atoms with van der Waals surface area (Å²) in [5.41, 5.74) is 7.49. The van der Waals surface area contributed by atoms with E-state index >= 15 is 0 Å². The van der Waals surface area contributed by atoms with Gasteiger partial charge in [0.05, 0.1) is 6.61 Å². The zero-order valence-electron chi connectivity index (χ0n) is 10.1. The summed E-state index contributed by atoms with van der Waals surface area (Å²) in [7, 11) is 1.73. The van der Waals surface area contributed by atoms with E-state index < -0.39 is 0 Å². The van der Waals surface area contributed by atoms with E-state index in [0.717, 1.165) is 18.8 Å². The van der Waals surface area contributed by atoms with Gasteiger partial charge in [0.15, 0.2) is 0 Å². The predicted octanol–water partition coefficient (Wildman–Crippen LogP) is 2.84. The van der Waals surface area contributed by atoms with Crippen molar-refractivity contribution in [3.8, 4) is 0 Å². The summed E-state index contributed by atoms with van der Waals surface area (Å²) in [6, 6.07) is 10.4. The summed E-state index contributed by atoms with van der Waals surface area (Å²) < 4.78 is 5.06. The quantitative estimate of drug-likeness (QED) is 0.743. The van der Waals surface area contributed by atoms with E-state index in [-0.39, 0.29) is 6.04 Å². The fourth-order valence-electron chi connectivity index (χ4n) is 1.65. The molecule has 0 saturated carbocycles. The van der Waals surface area contributed by atoms with Crippen LogP contribution in [0.5, 0.6) is 0 Å². The highest BCUT2D eigenvalue weighted by Gasteiger charge is 2.17. The number of hydrogen-bond acceptors (Lipinski definition) is 3. The lowest BCUT2D eigenvalue weighted by Crippen LogP contribution is -2.23. The van der Waals surface area contributed by atoms with Gasteiger partial charge >= 0.3 is 0 Å². The average Bonchev–Trinajstić information content (AvgIpc) is 2.35. The number of thioether (sulfide) groups is 1. The highest BCUT2D eigenvalue weighted by molar-refractivity contribution is 7.99. The van der Waals surface area contributed by atoms with Gasteiger partial charge in [-0.05, 0) is 12.0 Å². The first-order valence-electron chi connectivity index (χ1n) is 5.70. The van der Waals surface area contributed by atoms with E-state index in [2.05, 4.69) is 19.1 Å². The Morgan fingerprint density at radius 3 is 2.56 bits per heavy atom. The fourth-order valence-corrected chi connectivity index (χ4v) is 2.81. The fraction of sp³-hybridized carbons (Fsp3) is 0.538. The summed E-state index contributed by atoms with van der Waals surface area (Å²) in [6.07, 6.45) is 1.09. The monoisotopic (exact) mass is 239 g/mol. The molecule has 0 radical (unpaired) electrons. The lowest BCUT2D eigenvalue weighted by molar-refractivity contribution is 0.218. The molecule has 2 N–H and O–H groups in total. The van der Waals surface area contributed by atoms with Crippen molar-refractivity contribution in [2.45, 2.75) is 24.6 Å². The molecule has 0 aromatic heterocycles. The van der Waals surface area contributed by atoms with Crippen molar-refractivity contribution in [2.75, 3.05) is 19.5 Å². The molecule has 0 aliphatic rings. The van der Waals surface area contributed by atoms with Crippen LogP contribution >= 0.6 is 11.8 Å². The molecular weight excluding hydrogens is 218 g/mol. The van der Waals surface area contributed by atoms with Gasteiger partial charge in [0, 0.05) is 24.2 Å². The maximum absolute atomic E-state index is 6.27. The van der Waals surface area contributed by atoms with Crippen molar-refractivity contribution in [2.24, 2.45) is 5.73 Å². The van der Waals surface area contributed by atoms with Crippen LogP contribution in [0.25, 0.3) is 0 Å². The normalized spacial score (nSPS) is 14.7. The van der Waals surface area contributed by atoms with E-state index in [9.17, 15) is 0 Å². The SMILES string of the molecule is CCC(SCCOC)C(N)c1ccccc1. The minimum atomic E-state index is 0.119. The van der Waals surface area contributed by atoms with E-state index in [0.29, 0.717) is 5.25 Å². The second-order valence-electron chi connectivity index (χ2n) is 3.75. The minimum absolute atomic E-state index is 0.119. The van der Waals surface area contributed by atoms with E-state index in [1.165, 1.54) is 5.56 Å². The molecule has 0 aliphatic heterocycles. The largest absolute Gasteiger partial charge is 0.384 e. The van der Waals surface area contributed by atoms with Crippen molar-refractivity contribution >= 4 is 11.8 Å². The summed E-state index contributed by atoms with van der Waals surface area (Å²) in [4.78, 5) is 0. The van der Waals surface area contributed by atoms with Gasteiger partial charge in [0.1, 0.15) is 0 Å². The average molecular weight is 239 g/mol. The number of methoxy groups -OCH3 is 1. The van der Waals surface area contributed by atoms with Crippen molar-refractivity contribution in [1.29, 1.82) is 0 Å². The zero-order chi connectivity index (χ0) is 11.8. The summed E-state index contributed by atoms with van der Waals surface area (Å²) in [5, 5.41) is 0.470. The second kappa shape index (κ2) is 7.71. The topological polar surface area (TPSA) is 35.2 Å². The lowest BCUT2D eigenvalue weighted by atomic mass is 10.0. The highest BCUT2D eigenvalue weighted by Crippen LogP contribution is 2.26. The standard InChI is InChI=1S/C13H21NOS/c1-3-12(16-10-9-15-2)13(14)11-7-5-4-6-8-11/h4-8,12-13H,3,9-10,14H2,1-2H3. The van der Waals surface area contributed by atoms with Gasteiger partial charge in [-0.3, -0.25) is 0 Å². The summed E-state index contributed by atoms with van der Waals surface area (Å²) in [6.45, 7) is 2.98. The number of hydrogen-bond donors (Lipinski definition) is 1. The van der Waals surface area contributed by atoms with Gasteiger partial charge in [0.2, 0.25) is 0 Å². The molecular formula is C13H21NOS. The Bertz CT molecular complexity index is 279. The molecule has 0 amide bonds. The molecule has 0 fully saturated rings. The van der Waals surface area contributed by atoms with Crippen LogP contribution < -0.4 is 5.73 Å². The van der Waals surface area contributed by atoms with Crippen LogP contribution in [0.1, 0.15) is 24.9 Å². The third-order valence-electron chi connectivity index (χ3n) is 2.61. The molecule has 0 heterocycles. The second-order valence-corrected chi connectivity index (χ2v) is 5.09. The number of rotatable bonds is 7. The van der Waals surface area contributed by atoms with Gasteiger partial charge in [-0.25, -0.2) is 0 Å². The van der Waals surface area contributed by atoms with E-state index in [1.54, 1.807) is 7.11 Å². The van der Waals surface area contributed by atoms with Crippen LogP contribution in [0.4, 0.5) is 0 Å². The Labute approximate surface area is 103 Å². The van der Waals surface area contributed by atoms with Crippen LogP contribution in [0.15, 0.2) is 30.3 Å². The summed E-state index contributed by atoms with van der Waals surface area (Å²) >= 11 is 1.90. The molecule has 1 aromatic rings. The Balaban J connectivity index is 2.52. The first-order valence-corrected chi connectivity index (χ1v) is 6.75. The molecule has 1 rings (SSSR count). The minimum Gasteiger partial charge on any atom is -0.384 e. The van der Waals surface area contributed by atoms with Gasteiger partial charge in [-0.15, -0.1) is 0 Å². The Morgan fingerprint density at radius 1 is 1.31 bits per heavy atom. The molecule has 3 heteroatoms.